The van der Waals surface area contributed by atoms with E-state index in [1.165, 1.54) is 25.3 Å². The Kier molecular flexibility index (Phi) is 4.17. The lowest BCUT2D eigenvalue weighted by molar-refractivity contribution is 0.0696. The van der Waals surface area contributed by atoms with Crippen molar-refractivity contribution >= 4 is 17.8 Å². The molecule has 2 rings (SSSR count). The van der Waals surface area contributed by atoms with Gasteiger partial charge in [-0.25, -0.2) is 9.59 Å². The zero-order valence-electron chi connectivity index (χ0n) is 11.6. The van der Waals surface area contributed by atoms with Gasteiger partial charge in [-0.15, -0.1) is 0 Å². The third kappa shape index (κ3) is 3.09. The number of benzene rings is 1. The lowest BCUT2D eigenvalue weighted by atomic mass is 10.1. The maximum atomic E-state index is 12.0. The highest BCUT2D eigenvalue weighted by Gasteiger charge is 2.10. The van der Waals surface area contributed by atoms with Crippen LogP contribution in [0.15, 0.2) is 46.1 Å². The lowest BCUT2D eigenvalue weighted by Gasteiger charge is -1.99. The molecule has 0 spiro atoms. The summed E-state index contributed by atoms with van der Waals surface area (Å²) in [5.74, 6) is -1.66. The van der Waals surface area contributed by atoms with E-state index in [2.05, 4.69) is 4.98 Å². The van der Waals surface area contributed by atoms with Crippen molar-refractivity contribution in [3.05, 3.63) is 74.1 Å². The number of nitrogens with zero attached hydrogens (tertiary/aromatic N) is 1. The van der Waals surface area contributed by atoms with Crippen molar-refractivity contribution in [3.63, 3.8) is 0 Å². The first kappa shape index (κ1) is 15.2. The van der Waals surface area contributed by atoms with Crippen molar-refractivity contribution in [1.29, 1.82) is 0 Å². The Morgan fingerprint density at radius 2 is 2.00 bits per heavy atom. The van der Waals surface area contributed by atoms with Crippen LogP contribution in [-0.4, -0.2) is 26.4 Å². The minimum atomic E-state index is -1.07. The van der Waals surface area contributed by atoms with E-state index in [1.54, 1.807) is 12.1 Å². The van der Waals surface area contributed by atoms with E-state index in [9.17, 15) is 19.2 Å². The molecule has 1 aromatic heterocycles. The number of rotatable bonds is 4. The van der Waals surface area contributed by atoms with Crippen LogP contribution in [0.4, 0.5) is 0 Å². The van der Waals surface area contributed by atoms with Gasteiger partial charge < -0.3 is 10.1 Å². The van der Waals surface area contributed by atoms with Gasteiger partial charge in [0.15, 0.2) is 5.78 Å². The van der Waals surface area contributed by atoms with E-state index in [0.717, 1.165) is 16.8 Å². The molecular weight excluding hydrogens is 288 g/mol. The Morgan fingerprint density at radius 1 is 1.27 bits per heavy atom. The highest BCUT2D eigenvalue weighted by molar-refractivity contribution is 6.06. The van der Waals surface area contributed by atoms with Crippen molar-refractivity contribution < 1.29 is 14.7 Å². The molecule has 0 saturated carbocycles. The minimum Gasteiger partial charge on any atom is -0.478 e. The van der Waals surface area contributed by atoms with Gasteiger partial charge in [-0.2, -0.15) is 0 Å². The second-order valence-corrected chi connectivity index (χ2v) is 4.50. The SMILES string of the molecule is Cn1c(=O)[nH]cc(C(=O)/C=C/c2cccc(C(=O)O)c2)c1=O. The zero-order chi connectivity index (χ0) is 16.3. The Hall–Kier alpha value is -3.22. The molecular formula is C15H12N2O5. The van der Waals surface area contributed by atoms with Gasteiger partial charge in [0.2, 0.25) is 0 Å². The van der Waals surface area contributed by atoms with E-state index < -0.39 is 23.0 Å². The summed E-state index contributed by atoms with van der Waals surface area (Å²) in [7, 11) is 1.26. The van der Waals surface area contributed by atoms with Crippen LogP contribution in [0, 0.1) is 0 Å². The van der Waals surface area contributed by atoms with Crippen LogP contribution < -0.4 is 11.2 Å². The van der Waals surface area contributed by atoms with Crippen LogP contribution >= 0.6 is 0 Å². The van der Waals surface area contributed by atoms with Crippen LogP contribution in [0.2, 0.25) is 0 Å². The van der Waals surface area contributed by atoms with E-state index in [0.29, 0.717) is 5.56 Å². The average Bonchev–Trinajstić information content (AvgIpc) is 2.50. The Balaban J connectivity index is 2.31. The smallest absolute Gasteiger partial charge is 0.335 e. The maximum absolute atomic E-state index is 12.0. The van der Waals surface area contributed by atoms with Crippen LogP contribution in [0.1, 0.15) is 26.3 Å². The van der Waals surface area contributed by atoms with Crippen LogP contribution in [0.5, 0.6) is 0 Å². The van der Waals surface area contributed by atoms with Crippen molar-refractivity contribution in [2.24, 2.45) is 7.05 Å². The molecule has 2 aromatic rings. The summed E-state index contributed by atoms with van der Waals surface area (Å²) in [4.78, 5) is 48.1. The largest absolute Gasteiger partial charge is 0.478 e. The van der Waals surface area contributed by atoms with Crippen LogP contribution in [0.3, 0.4) is 0 Å². The third-order valence-corrected chi connectivity index (χ3v) is 3.01. The van der Waals surface area contributed by atoms with Crippen molar-refractivity contribution in [1.82, 2.24) is 9.55 Å². The van der Waals surface area contributed by atoms with E-state index in [1.807, 2.05) is 0 Å². The van der Waals surface area contributed by atoms with E-state index in [-0.39, 0.29) is 11.1 Å². The summed E-state index contributed by atoms with van der Waals surface area (Å²) in [6, 6.07) is 6.00. The number of hydrogen-bond acceptors (Lipinski definition) is 4. The molecule has 7 nitrogen and oxygen atoms in total. The van der Waals surface area contributed by atoms with Gasteiger partial charge in [-0.3, -0.25) is 14.2 Å². The molecule has 0 unspecified atom stereocenters. The first-order valence-corrected chi connectivity index (χ1v) is 6.24. The number of allylic oxidation sites excluding steroid dienone is 1. The normalized spacial score (nSPS) is 10.8. The van der Waals surface area contributed by atoms with Crippen LogP contribution in [0.25, 0.3) is 6.08 Å². The fourth-order valence-corrected chi connectivity index (χ4v) is 1.78. The molecule has 0 aliphatic carbocycles. The maximum Gasteiger partial charge on any atom is 0.335 e. The first-order valence-electron chi connectivity index (χ1n) is 6.24. The average molecular weight is 300 g/mol. The van der Waals surface area contributed by atoms with Gasteiger partial charge in [0.05, 0.1) is 5.56 Å². The first-order chi connectivity index (χ1) is 10.4. The summed E-state index contributed by atoms with van der Waals surface area (Å²) in [5.41, 5.74) is -0.880. The molecule has 0 aliphatic rings. The second-order valence-electron chi connectivity index (χ2n) is 4.50. The molecule has 0 amide bonds. The van der Waals surface area contributed by atoms with Gasteiger partial charge in [-0.05, 0) is 23.8 Å². The molecule has 7 heteroatoms. The number of carboxylic acid groups (broad SMARTS) is 1. The van der Waals surface area contributed by atoms with Crippen molar-refractivity contribution in [2.75, 3.05) is 0 Å². The molecule has 22 heavy (non-hydrogen) atoms. The fraction of sp³-hybridized carbons (Fsp3) is 0.0667. The molecule has 1 heterocycles. The summed E-state index contributed by atoms with van der Waals surface area (Å²) >= 11 is 0. The molecule has 0 fully saturated rings. The number of ketones is 1. The summed E-state index contributed by atoms with van der Waals surface area (Å²) < 4.78 is 0.798. The van der Waals surface area contributed by atoms with Gasteiger partial charge in [0.25, 0.3) is 5.56 Å². The number of aromatic nitrogens is 2. The number of carbonyl (C=O) groups is 2. The number of nitrogens with one attached hydrogen (secondary N) is 1. The number of carboxylic acids is 1. The molecule has 2 N–H and O–H groups in total. The molecule has 1 aromatic carbocycles. The number of aromatic carboxylic acids is 1. The van der Waals surface area contributed by atoms with Crippen LogP contribution in [-0.2, 0) is 7.05 Å². The quantitative estimate of drug-likeness (QED) is 0.637. The Bertz CT molecular complexity index is 889. The highest BCUT2D eigenvalue weighted by atomic mass is 16.4. The minimum absolute atomic E-state index is 0.0922. The summed E-state index contributed by atoms with van der Waals surface area (Å²) in [6.45, 7) is 0. The van der Waals surface area contributed by atoms with E-state index >= 15 is 0 Å². The fourth-order valence-electron chi connectivity index (χ4n) is 1.78. The number of H-pyrrole nitrogens is 1. The summed E-state index contributed by atoms with van der Waals surface area (Å²) in [6.07, 6.45) is 3.61. The molecule has 0 saturated heterocycles. The lowest BCUT2D eigenvalue weighted by Crippen LogP contribution is -2.35. The molecule has 0 radical (unpaired) electrons. The van der Waals surface area contributed by atoms with Crippen molar-refractivity contribution in [3.8, 4) is 0 Å². The Morgan fingerprint density at radius 3 is 2.68 bits per heavy atom. The Labute approximate surface area is 124 Å². The number of hydrogen-bond donors (Lipinski definition) is 2. The standard InChI is InChI=1S/C15H12N2O5/c1-17-13(19)11(8-16-15(17)22)12(18)6-5-9-3-2-4-10(7-9)14(20)21/h2-8H,1H3,(H,16,22)(H,20,21)/b6-5+. The summed E-state index contributed by atoms with van der Waals surface area (Å²) in [5, 5.41) is 8.89. The van der Waals surface area contributed by atoms with Gasteiger partial charge in [0, 0.05) is 13.2 Å². The predicted molar refractivity (Wildman–Crippen MR) is 79.1 cm³/mol. The third-order valence-electron chi connectivity index (χ3n) is 3.01. The highest BCUT2D eigenvalue weighted by Crippen LogP contribution is 2.07. The van der Waals surface area contributed by atoms with Crippen molar-refractivity contribution in [2.45, 2.75) is 0 Å². The number of carbonyl (C=O) groups excluding carboxylic acids is 1. The molecule has 0 bridgehead atoms. The van der Waals surface area contributed by atoms with E-state index in [4.69, 9.17) is 5.11 Å². The monoisotopic (exact) mass is 300 g/mol. The molecule has 112 valence electrons. The molecule has 0 atom stereocenters. The molecule has 0 aliphatic heterocycles. The van der Waals surface area contributed by atoms with Gasteiger partial charge in [0.1, 0.15) is 5.56 Å². The predicted octanol–water partition coefficient (Wildman–Crippen LogP) is 0.668. The topological polar surface area (TPSA) is 109 Å². The van der Waals surface area contributed by atoms with Gasteiger partial charge >= 0.3 is 11.7 Å². The second kappa shape index (κ2) is 6.04. The number of aromatic amines is 1. The zero-order valence-corrected chi connectivity index (χ0v) is 11.6. The van der Waals surface area contributed by atoms with Gasteiger partial charge in [-0.1, -0.05) is 18.2 Å².